The predicted molar refractivity (Wildman–Crippen MR) is 110 cm³/mol. The Balaban J connectivity index is 2.09. The molecular formula is C20H15ClF3N3O4S. The molecule has 168 valence electrons. The van der Waals surface area contributed by atoms with E-state index in [0.717, 1.165) is 4.31 Å². The minimum Gasteiger partial charge on any atom is -0.465 e. The Kier molecular flexibility index (Phi) is 6.70. The minimum absolute atomic E-state index is 0.119. The Morgan fingerprint density at radius 1 is 1.12 bits per heavy atom. The van der Waals surface area contributed by atoms with E-state index in [0.29, 0.717) is 18.0 Å². The molecule has 32 heavy (non-hydrogen) atoms. The van der Waals surface area contributed by atoms with Crippen LogP contribution >= 0.6 is 11.6 Å². The SMILES string of the molecule is COC(=O)c1ccc(S(=O)(=O)N(Cc2ccccn2)c2ncc(C(F)(F)F)cc2Cl)cc1. The molecule has 7 nitrogen and oxygen atoms in total. The third kappa shape index (κ3) is 5.00. The van der Waals surface area contributed by atoms with Crippen molar-refractivity contribution in [2.24, 2.45) is 0 Å². The second kappa shape index (κ2) is 9.13. The number of nitrogens with zero attached hydrogens (tertiary/aromatic N) is 3. The Hall–Kier alpha value is -3.18. The number of pyridine rings is 2. The number of benzene rings is 1. The summed E-state index contributed by atoms with van der Waals surface area (Å²) >= 11 is 6.03. The summed E-state index contributed by atoms with van der Waals surface area (Å²) in [6.07, 6.45) is -2.76. The number of hydrogen-bond acceptors (Lipinski definition) is 6. The van der Waals surface area contributed by atoms with E-state index in [-0.39, 0.29) is 17.0 Å². The molecule has 0 saturated heterocycles. The van der Waals surface area contributed by atoms with Gasteiger partial charge in [0.05, 0.1) is 40.4 Å². The number of sulfonamides is 1. The first-order chi connectivity index (χ1) is 15.0. The average Bonchev–Trinajstić information content (AvgIpc) is 2.77. The fourth-order valence-corrected chi connectivity index (χ4v) is 4.42. The molecule has 0 saturated carbocycles. The molecule has 0 aliphatic heterocycles. The van der Waals surface area contributed by atoms with Gasteiger partial charge in [0.15, 0.2) is 5.82 Å². The van der Waals surface area contributed by atoms with E-state index >= 15 is 0 Å². The summed E-state index contributed by atoms with van der Waals surface area (Å²) in [5.74, 6) is -1.06. The van der Waals surface area contributed by atoms with Gasteiger partial charge in [0.2, 0.25) is 0 Å². The molecule has 0 unspecified atom stereocenters. The molecule has 0 amide bonds. The molecule has 12 heteroatoms. The summed E-state index contributed by atoms with van der Waals surface area (Å²) in [7, 11) is -3.18. The van der Waals surface area contributed by atoms with Crippen molar-refractivity contribution in [3.63, 3.8) is 0 Å². The number of esters is 1. The summed E-state index contributed by atoms with van der Waals surface area (Å²) < 4.78 is 71.1. The molecule has 0 atom stereocenters. The quantitative estimate of drug-likeness (QED) is 0.483. The molecule has 0 bridgehead atoms. The molecule has 0 aliphatic rings. The number of carbonyl (C=O) groups excluding carboxylic acids is 1. The highest BCUT2D eigenvalue weighted by molar-refractivity contribution is 7.92. The molecule has 2 heterocycles. The summed E-state index contributed by atoms with van der Waals surface area (Å²) in [5, 5.41) is -0.509. The van der Waals surface area contributed by atoms with Crippen LogP contribution < -0.4 is 4.31 Å². The molecule has 0 aliphatic carbocycles. The van der Waals surface area contributed by atoms with Gasteiger partial charge in [0.1, 0.15) is 0 Å². The first-order valence-electron chi connectivity index (χ1n) is 8.88. The molecule has 3 rings (SSSR count). The number of carbonyl (C=O) groups is 1. The number of aromatic nitrogens is 2. The summed E-state index contributed by atoms with van der Waals surface area (Å²) in [4.78, 5) is 19.1. The van der Waals surface area contributed by atoms with Gasteiger partial charge in [-0.05, 0) is 42.5 Å². The Morgan fingerprint density at radius 2 is 1.81 bits per heavy atom. The minimum atomic E-state index is -4.70. The highest BCUT2D eigenvalue weighted by Crippen LogP contribution is 2.35. The Labute approximate surface area is 186 Å². The standard InChI is InChI=1S/C20H15ClF3N3O4S/c1-31-19(28)13-5-7-16(8-6-13)32(29,30)27(12-15-4-2-3-9-25-15)18-17(21)10-14(11-26-18)20(22,23)24/h2-11H,12H2,1H3. The fourth-order valence-electron chi connectivity index (χ4n) is 2.69. The van der Waals surface area contributed by atoms with Crippen LogP contribution in [0.15, 0.2) is 65.8 Å². The van der Waals surface area contributed by atoms with Gasteiger partial charge in [-0.1, -0.05) is 17.7 Å². The maximum atomic E-state index is 13.4. The van der Waals surface area contributed by atoms with E-state index in [1.165, 1.54) is 37.6 Å². The van der Waals surface area contributed by atoms with Crippen LogP contribution in [-0.4, -0.2) is 31.5 Å². The zero-order valence-electron chi connectivity index (χ0n) is 16.4. The Morgan fingerprint density at radius 3 is 2.34 bits per heavy atom. The van der Waals surface area contributed by atoms with Crippen molar-refractivity contribution in [1.29, 1.82) is 0 Å². The molecule has 0 N–H and O–H groups in total. The predicted octanol–water partition coefficient (Wildman–Crippen LogP) is 4.33. The van der Waals surface area contributed by atoms with Crippen LogP contribution in [0.1, 0.15) is 21.6 Å². The van der Waals surface area contributed by atoms with Gasteiger partial charge < -0.3 is 4.74 Å². The van der Waals surface area contributed by atoms with Crippen LogP contribution in [0.4, 0.5) is 19.0 Å². The first-order valence-corrected chi connectivity index (χ1v) is 10.7. The van der Waals surface area contributed by atoms with Crippen LogP contribution in [0.3, 0.4) is 0 Å². The number of ether oxygens (including phenoxy) is 1. The molecule has 0 spiro atoms. The second-order valence-corrected chi connectivity index (χ2v) is 8.65. The van der Waals surface area contributed by atoms with Crippen molar-refractivity contribution >= 4 is 33.4 Å². The van der Waals surface area contributed by atoms with Crippen molar-refractivity contribution in [2.45, 2.75) is 17.6 Å². The summed E-state index contributed by atoms with van der Waals surface area (Å²) in [6.45, 7) is -0.347. The van der Waals surface area contributed by atoms with E-state index in [9.17, 15) is 26.4 Å². The summed E-state index contributed by atoms with van der Waals surface area (Å²) in [5.41, 5.74) is -0.697. The van der Waals surface area contributed by atoms with Crippen molar-refractivity contribution in [2.75, 3.05) is 11.4 Å². The van der Waals surface area contributed by atoms with Crippen molar-refractivity contribution in [3.05, 3.63) is 82.8 Å². The highest BCUT2D eigenvalue weighted by atomic mass is 35.5. The lowest BCUT2D eigenvalue weighted by atomic mass is 10.2. The third-order valence-corrected chi connectivity index (χ3v) is 6.31. The van der Waals surface area contributed by atoms with Gasteiger partial charge in [-0.25, -0.2) is 22.5 Å². The average molecular weight is 486 g/mol. The number of alkyl halides is 3. The topological polar surface area (TPSA) is 89.5 Å². The van der Waals surface area contributed by atoms with Crippen LogP contribution in [0.2, 0.25) is 5.02 Å². The maximum Gasteiger partial charge on any atom is 0.417 e. The molecule has 1 aromatic carbocycles. The molecule has 2 aromatic heterocycles. The zero-order valence-corrected chi connectivity index (χ0v) is 17.9. The second-order valence-electron chi connectivity index (χ2n) is 6.38. The molecule has 0 fully saturated rings. The van der Waals surface area contributed by atoms with Gasteiger partial charge in [0.25, 0.3) is 10.0 Å². The number of methoxy groups -OCH3 is 1. The maximum absolute atomic E-state index is 13.4. The van der Waals surface area contributed by atoms with Crippen LogP contribution in [0.5, 0.6) is 0 Å². The van der Waals surface area contributed by atoms with Crippen molar-refractivity contribution in [3.8, 4) is 0 Å². The van der Waals surface area contributed by atoms with Crippen LogP contribution in [0, 0.1) is 0 Å². The van der Waals surface area contributed by atoms with E-state index < -0.39 is 38.6 Å². The summed E-state index contributed by atoms with van der Waals surface area (Å²) in [6, 6.07) is 10.2. The Bertz CT molecular complexity index is 1220. The smallest absolute Gasteiger partial charge is 0.417 e. The monoisotopic (exact) mass is 485 g/mol. The van der Waals surface area contributed by atoms with Gasteiger partial charge in [-0.15, -0.1) is 0 Å². The lowest BCUT2D eigenvalue weighted by Crippen LogP contribution is -2.32. The third-order valence-electron chi connectivity index (χ3n) is 4.28. The van der Waals surface area contributed by atoms with Crippen molar-refractivity contribution in [1.82, 2.24) is 9.97 Å². The molecule has 3 aromatic rings. The zero-order chi connectivity index (χ0) is 23.5. The van der Waals surface area contributed by atoms with Gasteiger partial charge in [-0.3, -0.25) is 4.98 Å². The lowest BCUT2D eigenvalue weighted by Gasteiger charge is -2.24. The van der Waals surface area contributed by atoms with E-state index in [2.05, 4.69) is 14.7 Å². The van der Waals surface area contributed by atoms with Gasteiger partial charge in [0, 0.05) is 12.4 Å². The van der Waals surface area contributed by atoms with Crippen molar-refractivity contribution < 1.29 is 31.1 Å². The largest absolute Gasteiger partial charge is 0.465 e. The first kappa shape index (κ1) is 23.5. The van der Waals surface area contributed by atoms with Crippen LogP contribution in [0.25, 0.3) is 0 Å². The van der Waals surface area contributed by atoms with E-state index in [4.69, 9.17) is 11.6 Å². The van der Waals surface area contributed by atoms with E-state index in [1.54, 1.807) is 18.2 Å². The lowest BCUT2D eigenvalue weighted by molar-refractivity contribution is -0.137. The highest BCUT2D eigenvalue weighted by Gasteiger charge is 2.34. The van der Waals surface area contributed by atoms with Gasteiger partial charge in [-0.2, -0.15) is 13.2 Å². The number of hydrogen-bond donors (Lipinski definition) is 0. The number of anilines is 1. The van der Waals surface area contributed by atoms with Gasteiger partial charge >= 0.3 is 12.1 Å². The van der Waals surface area contributed by atoms with Crippen LogP contribution in [-0.2, 0) is 27.5 Å². The normalized spacial score (nSPS) is 11.8. The fraction of sp³-hybridized carbons (Fsp3) is 0.150. The molecular weight excluding hydrogens is 471 g/mol. The number of rotatable bonds is 6. The number of halogens is 4. The van der Waals surface area contributed by atoms with E-state index in [1.807, 2.05) is 0 Å². The molecule has 0 radical (unpaired) electrons.